The number of nitrogens with two attached hydrogens (primary N) is 2. The van der Waals surface area contributed by atoms with Crippen LogP contribution in [-0.2, 0) is 0 Å². The van der Waals surface area contributed by atoms with Crippen molar-refractivity contribution in [3.63, 3.8) is 0 Å². The molecular weight excluding hydrogens is 212 g/mol. The molecule has 3 nitrogen and oxygen atoms in total. The van der Waals surface area contributed by atoms with E-state index in [4.69, 9.17) is 16.2 Å². The van der Waals surface area contributed by atoms with Gasteiger partial charge in [0.2, 0.25) is 0 Å². The van der Waals surface area contributed by atoms with Gasteiger partial charge in [0.05, 0.1) is 7.11 Å². The number of ether oxygens (including phenoxy) is 1. The van der Waals surface area contributed by atoms with E-state index in [1.54, 1.807) is 7.11 Å². The largest absolute Gasteiger partial charge is 0.496 e. The van der Waals surface area contributed by atoms with Crippen molar-refractivity contribution in [2.45, 2.75) is 33.7 Å². The van der Waals surface area contributed by atoms with Gasteiger partial charge in [-0.3, -0.25) is 0 Å². The molecule has 0 saturated heterocycles. The highest BCUT2D eigenvalue weighted by molar-refractivity contribution is 5.49. The maximum Gasteiger partial charge on any atom is 0.122 e. The predicted octanol–water partition coefficient (Wildman–Crippen LogP) is 2.22. The molecule has 1 aromatic rings. The third-order valence-electron chi connectivity index (χ3n) is 3.65. The van der Waals surface area contributed by atoms with E-state index in [1.165, 1.54) is 16.7 Å². The minimum atomic E-state index is -0.00962. The van der Waals surface area contributed by atoms with Crippen LogP contribution in [0, 0.1) is 26.7 Å². The molecule has 0 aromatic heterocycles. The van der Waals surface area contributed by atoms with Gasteiger partial charge in [0.25, 0.3) is 0 Å². The number of hydrogen-bond donors (Lipinski definition) is 2. The molecule has 96 valence electrons. The summed E-state index contributed by atoms with van der Waals surface area (Å²) < 4.78 is 5.36. The van der Waals surface area contributed by atoms with Crippen LogP contribution in [0.2, 0.25) is 0 Å². The summed E-state index contributed by atoms with van der Waals surface area (Å²) in [4.78, 5) is 0. The molecule has 0 aliphatic rings. The molecule has 0 saturated carbocycles. The van der Waals surface area contributed by atoms with Crippen LogP contribution in [-0.4, -0.2) is 13.7 Å². The topological polar surface area (TPSA) is 61.3 Å². The smallest absolute Gasteiger partial charge is 0.122 e. The van der Waals surface area contributed by atoms with E-state index in [-0.39, 0.29) is 12.0 Å². The van der Waals surface area contributed by atoms with Gasteiger partial charge in [0.15, 0.2) is 0 Å². The Balaban J connectivity index is 3.30. The molecule has 0 aliphatic carbocycles. The van der Waals surface area contributed by atoms with Gasteiger partial charge in [-0.25, -0.2) is 0 Å². The SMILES string of the molecule is COc1cc(C)c(C(N)C(C)CN)c(C)c1C. The lowest BCUT2D eigenvalue weighted by molar-refractivity contribution is 0.409. The zero-order valence-electron chi connectivity index (χ0n) is 11.5. The molecule has 3 heteroatoms. The number of benzene rings is 1. The third kappa shape index (κ3) is 2.61. The zero-order chi connectivity index (χ0) is 13.2. The van der Waals surface area contributed by atoms with E-state index in [9.17, 15) is 0 Å². The lowest BCUT2D eigenvalue weighted by Gasteiger charge is -2.24. The van der Waals surface area contributed by atoms with Crippen LogP contribution in [0.5, 0.6) is 5.75 Å². The summed E-state index contributed by atoms with van der Waals surface area (Å²) >= 11 is 0. The minimum Gasteiger partial charge on any atom is -0.496 e. The molecule has 4 N–H and O–H groups in total. The average molecular weight is 236 g/mol. The molecule has 2 atom stereocenters. The van der Waals surface area contributed by atoms with E-state index < -0.39 is 0 Å². The fraction of sp³-hybridized carbons (Fsp3) is 0.571. The summed E-state index contributed by atoms with van der Waals surface area (Å²) in [6.45, 7) is 8.93. The van der Waals surface area contributed by atoms with Crippen molar-refractivity contribution in [2.75, 3.05) is 13.7 Å². The van der Waals surface area contributed by atoms with Crippen molar-refractivity contribution in [3.8, 4) is 5.75 Å². The maximum atomic E-state index is 6.29. The molecule has 1 aromatic carbocycles. The Morgan fingerprint density at radius 3 is 2.29 bits per heavy atom. The first-order chi connectivity index (χ1) is 7.93. The van der Waals surface area contributed by atoms with Crippen molar-refractivity contribution >= 4 is 0 Å². The molecule has 0 spiro atoms. The Morgan fingerprint density at radius 1 is 1.24 bits per heavy atom. The zero-order valence-corrected chi connectivity index (χ0v) is 11.5. The predicted molar refractivity (Wildman–Crippen MR) is 72.4 cm³/mol. The van der Waals surface area contributed by atoms with E-state index in [0.717, 1.165) is 11.3 Å². The van der Waals surface area contributed by atoms with Crippen molar-refractivity contribution < 1.29 is 4.74 Å². The molecule has 0 amide bonds. The third-order valence-corrected chi connectivity index (χ3v) is 3.65. The first-order valence-electron chi connectivity index (χ1n) is 6.04. The fourth-order valence-corrected chi connectivity index (χ4v) is 2.22. The van der Waals surface area contributed by atoms with Crippen LogP contribution in [0.1, 0.15) is 35.2 Å². The fourth-order valence-electron chi connectivity index (χ4n) is 2.22. The summed E-state index contributed by atoms with van der Waals surface area (Å²) in [7, 11) is 1.70. The Bertz CT molecular complexity index is 402. The summed E-state index contributed by atoms with van der Waals surface area (Å²) in [5.74, 6) is 1.21. The van der Waals surface area contributed by atoms with E-state index in [2.05, 4.69) is 33.8 Å². The number of aryl methyl sites for hydroxylation is 1. The maximum absolute atomic E-state index is 6.29. The van der Waals surface area contributed by atoms with Gasteiger partial charge in [0, 0.05) is 6.04 Å². The van der Waals surface area contributed by atoms with Gasteiger partial charge < -0.3 is 16.2 Å². The number of methoxy groups -OCH3 is 1. The highest BCUT2D eigenvalue weighted by atomic mass is 16.5. The second kappa shape index (κ2) is 5.52. The molecule has 0 bridgehead atoms. The van der Waals surface area contributed by atoms with E-state index in [0.29, 0.717) is 6.54 Å². The number of hydrogen-bond acceptors (Lipinski definition) is 3. The standard InChI is InChI=1S/C14H24N2O/c1-8-6-12(17-5)10(3)11(4)13(8)14(16)9(2)7-15/h6,9,14H,7,15-16H2,1-5H3. The normalized spacial score (nSPS) is 14.5. The van der Waals surface area contributed by atoms with Crippen LogP contribution in [0.4, 0.5) is 0 Å². The second-order valence-corrected chi connectivity index (χ2v) is 4.80. The molecule has 17 heavy (non-hydrogen) atoms. The van der Waals surface area contributed by atoms with Gasteiger partial charge in [-0.15, -0.1) is 0 Å². The first-order valence-corrected chi connectivity index (χ1v) is 6.04. The van der Waals surface area contributed by atoms with Crippen LogP contribution in [0.3, 0.4) is 0 Å². The van der Waals surface area contributed by atoms with Crippen LogP contribution >= 0.6 is 0 Å². The Hall–Kier alpha value is -1.06. The molecule has 0 heterocycles. The lowest BCUT2D eigenvalue weighted by atomic mass is 9.87. The first kappa shape index (κ1) is 14.0. The molecule has 2 unspecified atom stereocenters. The van der Waals surface area contributed by atoms with Crippen molar-refractivity contribution in [3.05, 3.63) is 28.3 Å². The summed E-state index contributed by atoms with van der Waals surface area (Å²) in [5.41, 5.74) is 16.8. The van der Waals surface area contributed by atoms with E-state index >= 15 is 0 Å². The Morgan fingerprint density at radius 2 is 1.82 bits per heavy atom. The minimum absolute atomic E-state index is 0.00962. The van der Waals surface area contributed by atoms with Crippen LogP contribution in [0.15, 0.2) is 6.07 Å². The van der Waals surface area contributed by atoms with Crippen molar-refractivity contribution in [2.24, 2.45) is 17.4 Å². The molecule has 0 fully saturated rings. The lowest BCUT2D eigenvalue weighted by Crippen LogP contribution is -2.27. The molecule has 0 radical (unpaired) electrons. The highest BCUT2D eigenvalue weighted by Crippen LogP contribution is 2.32. The summed E-state index contributed by atoms with van der Waals surface area (Å²) in [6, 6.07) is 2.05. The van der Waals surface area contributed by atoms with Crippen molar-refractivity contribution in [1.82, 2.24) is 0 Å². The quantitative estimate of drug-likeness (QED) is 0.842. The van der Waals surface area contributed by atoms with Gasteiger partial charge in [-0.2, -0.15) is 0 Å². The monoisotopic (exact) mass is 236 g/mol. The van der Waals surface area contributed by atoms with Gasteiger partial charge in [-0.05, 0) is 61.6 Å². The van der Waals surface area contributed by atoms with E-state index in [1.807, 2.05) is 0 Å². The Kier molecular flexibility index (Phi) is 4.54. The molecule has 1 rings (SSSR count). The van der Waals surface area contributed by atoms with Crippen LogP contribution in [0.25, 0.3) is 0 Å². The van der Waals surface area contributed by atoms with Gasteiger partial charge in [0.1, 0.15) is 5.75 Å². The second-order valence-electron chi connectivity index (χ2n) is 4.80. The van der Waals surface area contributed by atoms with Crippen LogP contribution < -0.4 is 16.2 Å². The van der Waals surface area contributed by atoms with Crippen molar-refractivity contribution in [1.29, 1.82) is 0 Å². The average Bonchev–Trinajstić information content (AvgIpc) is 2.32. The molecule has 0 aliphatic heterocycles. The highest BCUT2D eigenvalue weighted by Gasteiger charge is 2.20. The summed E-state index contributed by atoms with van der Waals surface area (Å²) in [6.07, 6.45) is 0. The van der Waals surface area contributed by atoms with Gasteiger partial charge in [-0.1, -0.05) is 6.92 Å². The van der Waals surface area contributed by atoms with Gasteiger partial charge >= 0.3 is 0 Å². The number of rotatable bonds is 4. The summed E-state index contributed by atoms with van der Waals surface area (Å²) in [5, 5.41) is 0. The Labute approximate surface area is 104 Å². The molecular formula is C14H24N2O.